The number of carbonyl (C=O) groups is 2. The van der Waals surface area contributed by atoms with E-state index in [1.54, 1.807) is 44.4 Å². The average molecular weight is 385 g/mol. The second-order valence-corrected chi connectivity index (χ2v) is 5.93. The van der Waals surface area contributed by atoms with Gasteiger partial charge < -0.3 is 19.5 Å². The SMILES string of the molecule is CCOc1cc(/C=N/NC(=O)c2ccccc2O)ccc1OCC(=O)N(C)C. The Morgan fingerprint density at radius 3 is 2.57 bits per heavy atom. The van der Waals surface area contributed by atoms with Gasteiger partial charge in [-0.15, -0.1) is 0 Å². The Balaban J connectivity index is 2.06. The molecule has 0 aliphatic rings. The number of benzene rings is 2. The number of nitrogens with one attached hydrogen (secondary N) is 1. The third kappa shape index (κ3) is 5.73. The number of hydrogen-bond donors (Lipinski definition) is 2. The lowest BCUT2D eigenvalue weighted by Gasteiger charge is -2.14. The molecule has 2 N–H and O–H groups in total. The molecule has 0 atom stereocenters. The van der Waals surface area contributed by atoms with Crippen LogP contribution in [0.4, 0.5) is 0 Å². The summed E-state index contributed by atoms with van der Waals surface area (Å²) in [4.78, 5) is 25.1. The van der Waals surface area contributed by atoms with Crippen molar-refractivity contribution in [2.24, 2.45) is 5.10 Å². The third-order valence-electron chi connectivity index (χ3n) is 3.65. The van der Waals surface area contributed by atoms with Crippen LogP contribution in [0, 0.1) is 0 Å². The molecule has 0 bridgehead atoms. The first-order valence-corrected chi connectivity index (χ1v) is 8.63. The summed E-state index contributed by atoms with van der Waals surface area (Å²) >= 11 is 0. The quantitative estimate of drug-likeness (QED) is 0.535. The number of aromatic hydroxyl groups is 1. The third-order valence-corrected chi connectivity index (χ3v) is 3.65. The molecule has 2 amide bonds. The van der Waals surface area contributed by atoms with E-state index in [9.17, 15) is 14.7 Å². The minimum absolute atomic E-state index is 0.100. The van der Waals surface area contributed by atoms with E-state index in [2.05, 4.69) is 10.5 Å². The number of rotatable bonds is 8. The molecule has 8 heteroatoms. The average Bonchev–Trinajstić information content (AvgIpc) is 2.67. The minimum Gasteiger partial charge on any atom is -0.507 e. The van der Waals surface area contributed by atoms with Gasteiger partial charge in [0.05, 0.1) is 18.4 Å². The van der Waals surface area contributed by atoms with Crippen molar-refractivity contribution >= 4 is 18.0 Å². The predicted octanol–water partition coefficient (Wildman–Crippen LogP) is 2.02. The van der Waals surface area contributed by atoms with Gasteiger partial charge >= 0.3 is 0 Å². The van der Waals surface area contributed by atoms with Crippen molar-refractivity contribution in [3.63, 3.8) is 0 Å². The Hall–Kier alpha value is -3.55. The first kappa shape index (κ1) is 20.8. The molecule has 0 saturated carbocycles. The van der Waals surface area contributed by atoms with Crippen LogP contribution in [0.5, 0.6) is 17.2 Å². The van der Waals surface area contributed by atoms with Crippen molar-refractivity contribution in [3.8, 4) is 17.2 Å². The number of para-hydroxylation sites is 1. The largest absolute Gasteiger partial charge is 0.507 e. The Morgan fingerprint density at radius 2 is 1.89 bits per heavy atom. The summed E-state index contributed by atoms with van der Waals surface area (Å²) in [5.41, 5.74) is 3.14. The number of carbonyl (C=O) groups excluding carboxylic acids is 2. The van der Waals surface area contributed by atoms with Gasteiger partial charge in [-0.05, 0) is 42.8 Å². The Kier molecular flexibility index (Phi) is 7.38. The summed E-state index contributed by atoms with van der Waals surface area (Å²) in [5, 5.41) is 13.6. The molecule has 28 heavy (non-hydrogen) atoms. The monoisotopic (exact) mass is 385 g/mol. The smallest absolute Gasteiger partial charge is 0.275 e. The second-order valence-electron chi connectivity index (χ2n) is 5.93. The summed E-state index contributed by atoms with van der Waals surface area (Å²) < 4.78 is 11.1. The van der Waals surface area contributed by atoms with Gasteiger partial charge in [0.2, 0.25) is 0 Å². The van der Waals surface area contributed by atoms with E-state index < -0.39 is 5.91 Å². The van der Waals surface area contributed by atoms with Crippen molar-refractivity contribution in [1.82, 2.24) is 10.3 Å². The molecule has 0 radical (unpaired) electrons. The first-order chi connectivity index (χ1) is 13.4. The first-order valence-electron chi connectivity index (χ1n) is 8.63. The molecular formula is C20H23N3O5. The second kappa shape index (κ2) is 9.96. The fourth-order valence-electron chi connectivity index (χ4n) is 2.15. The summed E-state index contributed by atoms with van der Waals surface area (Å²) in [5.74, 6) is 0.0848. The molecular weight excluding hydrogens is 362 g/mol. The fourth-order valence-corrected chi connectivity index (χ4v) is 2.15. The summed E-state index contributed by atoms with van der Waals surface area (Å²) in [6, 6.07) is 11.3. The Morgan fingerprint density at radius 1 is 1.14 bits per heavy atom. The number of phenols is 1. The Labute approximate surface area is 163 Å². The van der Waals surface area contributed by atoms with E-state index in [1.165, 1.54) is 23.2 Å². The van der Waals surface area contributed by atoms with Crippen molar-refractivity contribution < 1.29 is 24.2 Å². The summed E-state index contributed by atoms with van der Waals surface area (Å²) in [7, 11) is 3.30. The number of likely N-dealkylation sites (N-methyl/N-ethyl adjacent to an activating group) is 1. The molecule has 0 fully saturated rings. The topological polar surface area (TPSA) is 100 Å². The maximum absolute atomic E-state index is 12.0. The molecule has 2 rings (SSSR count). The number of amides is 2. The molecule has 0 aliphatic carbocycles. The maximum Gasteiger partial charge on any atom is 0.275 e. The highest BCUT2D eigenvalue weighted by molar-refractivity contribution is 5.97. The zero-order valence-electron chi connectivity index (χ0n) is 16.0. The number of hydrazone groups is 1. The van der Waals surface area contributed by atoms with Gasteiger partial charge in [0, 0.05) is 14.1 Å². The number of ether oxygens (including phenoxy) is 2. The fraction of sp³-hybridized carbons (Fsp3) is 0.250. The van der Waals surface area contributed by atoms with Crippen LogP contribution in [0.15, 0.2) is 47.6 Å². The van der Waals surface area contributed by atoms with Crippen LogP contribution in [-0.4, -0.2) is 55.3 Å². The van der Waals surface area contributed by atoms with Crippen LogP contribution >= 0.6 is 0 Å². The van der Waals surface area contributed by atoms with Gasteiger partial charge in [0.15, 0.2) is 18.1 Å². The van der Waals surface area contributed by atoms with Crippen LogP contribution in [0.1, 0.15) is 22.8 Å². The van der Waals surface area contributed by atoms with Crippen LogP contribution in [0.25, 0.3) is 0 Å². The number of nitrogens with zero attached hydrogens (tertiary/aromatic N) is 2. The van der Waals surface area contributed by atoms with Crippen LogP contribution in [0.3, 0.4) is 0 Å². The lowest BCUT2D eigenvalue weighted by atomic mass is 10.2. The van der Waals surface area contributed by atoms with Crippen LogP contribution < -0.4 is 14.9 Å². The summed E-state index contributed by atoms with van der Waals surface area (Å²) in [6.07, 6.45) is 1.44. The van der Waals surface area contributed by atoms with E-state index in [0.29, 0.717) is 23.7 Å². The van der Waals surface area contributed by atoms with Crippen molar-refractivity contribution in [2.45, 2.75) is 6.92 Å². The molecule has 2 aromatic carbocycles. The molecule has 148 valence electrons. The highest BCUT2D eigenvalue weighted by Gasteiger charge is 2.11. The van der Waals surface area contributed by atoms with E-state index in [-0.39, 0.29) is 23.8 Å². The standard InChI is InChI=1S/C20H23N3O5/c1-4-27-18-11-14(9-10-17(18)28-13-19(25)23(2)3)12-21-22-20(26)15-7-5-6-8-16(15)24/h5-12,24H,4,13H2,1-3H3,(H,22,26)/b21-12+. The lowest BCUT2D eigenvalue weighted by Crippen LogP contribution is -2.27. The highest BCUT2D eigenvalue weighted by atomic mass is 16.5. The van der Waals surface area contributed by atoms with E-state index in [4.69, 9.17) is 9.47 Å². The van der Waals surface area contributed by atoms with E-state index >= 15 is 0 Å². The minimum atomic E-state index is -0.526. The van der Waals surface area contributed by atoms with Gasteiger partial charge in [-0.2, -0.15) is 5.10 Å². The lowest BCUT2D eigenvalue weighted by molar-refractivity contribution is -0.130. The molecule has 8 nitrogen and oxygen atoms in total. The van der Waals surface area contributed by atoms with Gasteiger partial charge in [-0.25, -0.2) is 5.43 Å². The molecule has 0 unspecified atom stereocenters. The molecule has 0 aliphatic heterocycles. The highest BCUT2D eigenvalue weighted by Crippen LogP contribution is 2.28. The molecule has 0 saturated heterocycles. The Bertz CT molecular complexity index is 865. The van der Waals surface area contributed by atoms with E-state index in [1.807, 2.05) is 6.92 Å². The zero-order chi connectivity index (χ0) is 20.5. The van der Waals surface area contributed by atoms with Crippen molar-refractivity contribution in [2.75, 3.05) is 27.3 Å². The zero-order valence-corrected chi connectivity index (χ0v) is 16.0. The summed E-state index contributed by atoms with van der Waals surface area (Å²) in [6.45, 7) is 2.15. The van der Waals surface area contributed by atoms with Gasteiger partial charge in [0.25, 0.3) is 11.8 Å². The van der Waals surface area contributed by atoms with Gasteiger partial charge in [-0.3, -0.25) is 9.59 Å². The van der Waals surface area contributed by atoms with Crippen LogP contribution in [0.2, 0.25) is 0 Å². The van der Waals surface area contributed by atoms with Gasteiger partial charge in [-0.1, -0.05) is 12.1 Å². The van der Waals surface area contributed by atoms with Crippen molar-refractivity contribution in [1.29, 1.82) is 0 Å². The molecule has 2 aromatic rings. The van der Waals surface area contributed by atoms with Crippen LogP contribution in [-0.2, 0) is 4.79 Å². The maximum atomic E-state index is 12.0. The number of hydrogen-bond acceptors (Lipinski definition) is 6. The van der Waals surface area contributed by atoms with E-state index in [0.717, 1.165) is 0 Å². The normalized spacial score (nSPS) is 10.5. The predicted molar refractivity (Wildman–Crippen MR) is 105 cm³/mol. The number of phenolic OH excluding ortho intramolecular Hbond substituents is 1. The molecule has 0 aromatic heterocycles. The van der Waals surface area contributed by atoms with Crippen molar-refractivity contribution in [3.05, 3.63) is 53.6 Å². The molecule has 0 heterocycles. The molecule has 0 spiro atoms. The van der Waals surface area contributed by atoms with Gasteiger partial charge in [0.1, 0.15) is 5.75 Å².